The van der Waals surface area contributed by atoms with Crippen LogP contribution in [0.15, 0.2) is 41.2 Å². The van der Waals surface area contributed by atoms with Gasteiger partial charge in [0.25, 0.3) is 0 Å². The summed E-state index contributed by atoms with van der Waals surface area (Å²) < 4.78 is 5.12. The number of hydrogen-bond donors (Lipinski definition) is 1. The lowest BCUT2D eigenvalue weighted by Gasteiger charge is -2.23. The predicted molar refractivity (Wildman–Crippen MR) is 86.2 cm³/mol. The Morgan fingerprint density at radius 2 is 1.88 bits per heavy atom. The highest BCUT2D eigenvalue weighted by Crippen LogP contribution is 2.40. The van der Waals surface area contributed by atoms with Gasteiger partial charge in [0.2, 0.25) is 5.91 Å². The van der Waals surface area contributed by atoms with Crippen molar-refractivity contribution < 1.29 is 19.1 Å². The van der Waals surface area contributed by atoms with E-state index in [4.69, 9.17) is 4.42 Å². The van der Waals surface area contributed by atoms with Crippen molar-refractivity contribution in [3.05, 3.63) is 59.0 Å². The third-order valence-electron chi connectivity index (χ3n) is 5.28. The van der Waals surface area contributed by atoms with Gasteiger partial charge in [0.15, 0.2) is 0 Å². The molecule has 2 aliphatic rings. The molecule has 0 fully saturated rings. The monoisotopic (exact) mass is 325 g/mol. The molecule has 24 heavy (non-hydrogen) atoms. The first kappa shape index (κ1) is 15.0. The van der Waals surface area contributed by atoms with Gasteiger partial charge in [-0.25, -0.2) is 0 Å². The van der Waals surface area contributed by atoms with Gasteiger partial charge < -0.3 is 14.4 Å². The minimum atomic E-state index is -0.883. The summed E-state index contributed by atoms with van der Waals surface area (Å²) in [5, 5.41) is 9.70. The summed E-state index contributed by atoms with van der Waals surface area (Å²) in [5.41, 5.74) is 4.34. The van der Waals surface area contributed by atoms with Gasteiger partial charge in [-0.15, -0.1) is 0 Å². The van der Waals surface area contributed by atoms with Crippen LogP contribution in [-0.2, 0) is 29.1 Å². The molecule has 124 valence electrons. The van der Waals surface area contributed by atoms with Crippen LogP contribution in [0.3, 0.4) is 0 Å². The Labute approximate surface area is 139 Å². The van der Waals surface area contributed by atoms with Gasteiger partial charge in [0.1, 0.15) is 0 Å². The van der Waals surface area contributed by atoms with E-state index in [1.165, 1.54) is 5.56 Å². The van der Waals surface area contributed by atoms with Gasteiger partial charge in [-0.05, 0) is 29.9 Å². The van der Waals surface area contributed by atoms with E-state index in [0.717, 1.165) is 29.5 Å². The van der Waals surface area contributed by atoms with Crippen molar-refractivity contribution >= 4 is 11.9 Å². The van der Waals surface area contributed by atoms with Gasteiger partial charge >= 0.3 is 5.97 Å². The first-order valence-corrected chi connectivity index (χ1v) is 8.26. The van der Waals surface area contributed by atoms with Crippen molar-refractivity contribution in [3.8, 4) is 0 Å². The second kappa shape index (κ2) is 5.82. The molecule has 2 atom stereocenters. The first-order chi connectivity index (χ1) is 11.6. The molecule has 2 aromatic rings. The second-order valence-corrected chi connectivity index (χ2v) is 6.66. The molecule has 1 aromatic heterocycles. The average molecular weight is 325 g/mol. The molecule has 5 heteroatoms. The molecule has 1 unspecified atom stereocenters. The molecular weight excluding hydrogens is 306 g/mol. The number of nitrogens with zero attached hydrogens (tertiary/aromatic N) is 1. The highest BCUT2D eigenvalue weighted by molar-refractivity contribution is 5.83. The maximum atomic E-state index is 12.6. The summed E-state index contributed by atoms with van der Waals surface area (Å²) in [6.07, 6.45) is 5.05. The maximum Gasteiger partial charge on any atom is 0.307 e. The number of hydrogen-bond acceptors (Lipinski definition) is 3. The number of carbonyl (C=O) groups excluding carboxylic acids is 1. The molecule has 0 saturated carbocycles. The van der Waals surface area contributed by atoms with Gasteiger partial charge in [0.05, 0.1) is 18.4 Å². The summed E-state index contributed by atoms with van der Waals surface area (Å²) >= 11 is 0. The Morgan fingerprint density at radius 1 is 1.17 bits per heavy atom. The number of carboxylic acid groups (broad SMARTS) is 1. The van der Waals surface area contributed by atoms with Crippen molar-refractivity contribution in [2.45, 2.75) is 38.3 Å². The fourth-order valence-corrected chi connectivity index (χ4v) is 4.00. The average Bonchev–Trinajstić information content (AvgIpc) is 3.26. The van der Waals surface area contributed by atoms with E-state index in [9.17, 15) is 14.7 Å². The van der Waals surface area contributed by atoms with Gasteiger partial charge in [-0.2, -0.15) is 0 Å². The van der Waals surface area contributed by atoms with Crippen LogP contribution in [0.2, 0.25) is 0 Å². The predicted octanol–water partition coefficient (Wildman–Crippen LogP) is 2.94. The molecular formula is C19H19NO4. The molecule has 0 saturated heterocycles. The molecule has 2 heterocycles. The van der Waals surface area contributed by atoms with Crippen LogP contribution in [-0.4, -0.2) is 21.9 Å². The Kier molecular flexibility index (Phi) is 3.63. The van der Waals surface area contributed by atoms with Crippen LogP contribution in [0, 0.1) is 5.92 Å². The quantitative estimate of drug-likeness (QED) is 0.938. The van der Waals surface area contributed by atoms with Gasteiger partial charge in [-0.3, -0.25) is 9.59 Å². The summed E-state index contributed by atoms with van der Waals surface area (Å²) in [5.74, 6) is -1.72. The number of rotatable bonds is 4. The molecule has 0 radical (unpaired) electrons. The molecule has 1 aliphatic carbocycles. The van der Waals surface area contributed by atoms with Crippen LogP contribution in [0.1, 0.15) is 41.0 Å². The van der Waals surface area contributed by atoms with Crippen molar-refractivity contribution in [1.82, 2.24) is 4.90 Å². The Morgan fingerprint density at radius 3 is 2.58 bits per heavy atom. The number of carboxylic acids is 1. The van der Waals surface area contributed by atoms with E-state index in [1.807, 2.05) is 18.2 Å². The lowest BCUT2D eigenvalue weighted by Crippen LogP contribution is -2.32. The van der Waals surface area contributed by atoms with Crippen LogP contribution >= 0.6 is 0 Å². The number of amides is 1. The standard InChI is InChI=1S/C19H19NO4/c21-18(20-8-13-10-24-11-14(13)9-20)7-17(19(22)23)16-6-5-12-3-1-2-4-15(12)16/h1-4,10-11,16-17H,5-9H2,(H,22,23)/t16-,17?/m1/s1. The first-order valence-electron chi connectivity index (χ1n) is 8.26. The number of fused-ring (bicyclic) bond motifs is 2. The molecule has 4 rings (SSSR count). The Balaban J connectivity index is 1.50. The van der Waals surface area contributed by atoms with E-state index >= 15 is 0 Å². The number of carbonyl (C=O) groups is 2. The van der Waals surface area contributed by atoms with Crippen LogP contribution < -0.4 is 0 Å². The lowest BCUT2D eigenvalue weighted by molar-refractivity contribution is -0.147. The third-order valence-corrected chi connectivity index (χ3v) is 5.28. The molecule has 5 nitrogen and oxygen atoms in total. The smallest absolute Gasteiger partial charge is 0.307 e. The maximum absolute atomic E-state index is 12.6. The van der Waals surface area contributed by atoms with Gasteiger partial charge in [-0.1, -0.05) is 24.3 Å². The summed E-state index contributed by atoms with van der Waals surface area (Å²) in [7, 11) is 0. The molecule has 1 aliphatic heterocycles. The minimum Gasteiger partial charge on any atom is -0.481 e. The highest BCUT2D eigenvalue weighted by Gasteiger charge is 2.37. The summed E-state index contributed by atoms with van der Waals surface area (Å²) in [6.45, 7) is 1.02. The fourth-order valence-electron chi connectivity index (χ4n) is 4.00. The van der Waals surface area contributed by atoms with Crippen molar-refractivity contribution in [2.75, 3.05) is 0 Å². The second-order valence-electron chi connectivity index (χ2n) is 6.66. The van der Waals surface area contributed by atoms with Gasteiger partial charge in [0, 0.05) is 30.6 Å². The Bertz CT molecular complexity index is 774. The Hall–Kier alpha value is -2.56. The van der Waals surface area contributed by atoms with E-state index in [1.54, 1.807) is 17.4 Å². The van der Waals surface area contributed by atoms with E-state index in [-0.39, 0.29) is 18.2 Å². The lowest BCUT2D eigenvalue weighted by atomic mass is 9.84. The SMILES string of the molecule is O=C(O)C(CC(=O)N1Cc2cocc2C1)[C@@H]1CCc2ccccc21. The molecule has 1 N–H and O–H groups in total. The zero-order valence-corrected chi connectivity index (χ0v) is 13.3. The normalized spacial score (nSPS) is 19.8. The largest absolute Gasteiger partial charge is 0.481 e. The van der Waals surface area contributed by atoms with Crippen LogP contribution in [0.5, 0.6) is 0 Å². The number of aliphatic carboxylic acids is 1. The number of aryl methyl sites for hydroxylation is 1. The molecule has 1 aromatic carbocycles. The van der Waals surface area contributed by atoms with Crippen LogP contribution in [0.4, 0.5) is 0 Å². The van der Waals surface area contributed by atoms with E-state index in [0.29, 0.717) is 13.1 Å². The minimum absolute atomic E-state index is 0.0513. The molecule has 0 bridgehead atoms. The third kappa shape index (κ3) is 2.50. The van der Waals surface area contributed by atoms with E-state index in [2.05, 4.69) is 6.07 Å². The molecule has 0 spiro atoms. The van der Waals surface area contributed by atoms with Crippen molar-refractivity contribution in [1.29, 1.82) is 0 Å². The fraction of sp³-hybridized carbons (Fsp3) is 0.368. The van der Waals surface area contributed by atoms with Crippen LogP contribution in [0.25, 0.3) is 0 Å². The highest BCUT2D eigenvalue weighted by atomic mass is 16.4. The number of benzene rings is 1. The topological polar surface area (TPSA) is 70.8 Å². The number of furan rings is 1. The molecule has 1 amide bonds. The zero-order chi connectivity index (χ0) is 16.7. The summed E-state index contributed by atoms with van der Waals surface area (Å²) in [6, 6.07) is 7.98. The van der Waals surface area contributed by atoms with Crippen molar-refractivity contribution in [3.63, 3.8) is 0 Å². The van der Waals surface area contributed by atoms with E-state index < -0.39 is 11.9 Å². The summed E-state index contributed by atoms with van der Waals surface area (Å²) in [4.78, 5) is 26.2. The zero-order valence-electron chi connectivity index (χ0n) is 13.3. The van der Waals surface area contributed by atoms with Crippen molar-refractivity contribution in [2.24, 2.45) is 5.92 Å².